The largest absolute Gasteiger partial charge is 0.342 e. The molecule has 3 aliphatic heterocycles. The Morgan fingerprint density at radius 1 is 0.933 bits per heavy atom. The minimum Gasteiger partial charge on any atom is -0.342 e. The van der Waals surface area contributed by atoms with Gasteiger partial charge in [-0.2, -0.15) is 5.10 Å². The van der Waals surface area contributed by atoms with E-state index in [2.05, 4.69) is 19.9 Å². The van der Waals surface area contributed by atoms with Gasteiger partial charge >= 0.3 is 0 Å². The van der Waals surface area contributed by atoms with Crippen molar-refractivity contribution in [1.29, 1.82) is 0 Å². The second kappa shape index (κ2) is 8.34. The summed E-state index contributed by atoms with van der Waals surface area (Å²) >= 11 is 0. The first-order valence-corrected chi connectivity index (χ1v) is 11.3. The third-order valence-corrected chi connectivity index (χ3v) is 7.00. The molecule has 2 aromatic rings. The Labute approximate surface area is 176 Å². The summed E-state index contributed by atoms with van der Waals surface area (Å²) < 4.78 is 1.64. The summed E-state index contributed by atoms with van der Waals surface area (Å²) in [4.78, 5) is 36.7. The monoisotopic (exact) mass is 410 g/mol. The van der Waals surface area contributed by atoms with Crippen LogP contribution in [0.15, 0.2) is 24.7 Å². The topological polar surface area (TPSA) is 74.0 Å². The molecule has 3 aliphatic rings. The standard InChI is InChI=1S/C22H30N6O2/c29-21(25-9-1-2-10-25)17-5-3-11-27(16-17)18-6-13-26(14-7-18)22(30)19-15-24-28-12-4-8-23-20(19)28/h4,8,12,15,17-18H,1-3,5-7,9-11,13-14,16H2/t17-/m1/s1. The van der Waals surface area contributed by atoms with Gasteiger partial charge in [0.15, 0.2) is 5.65 Å². The van der Waals surface area contributed by atoms with Gasteiger partial charge in [-0.05, 0) is 51.1 Å². The van der Waals surface area contributed by atoms with Crippen LogP contribution in [0.4, 0.5) is 0 Å². The summed E-state index contributed by atoms with van der Waals surface area (Å²) in [5.74, 6) is 0.537. The van der Waals surface area contributed by atoms with Gasteiger partial charge in [0.1, 0.15) is 5.56 Å². The van der Waals surface area contributed by atoms with Gasteiger partial charge in [-0.25, -0.2) is 9.50 Å². The van der Waals surface area contributed by atoms with Gasteiger partial charge < -0.3 is 9.80 Å². The van der Waals surface area contributed by atoms with Crippen LogP contribution in [0, 0.1) is 5.92 Å². The number of nitrogens with zero attached hydrogens (tertiary/aromatic N) is 6. The first kappa shape index (κ1) is 19.5. The lowest BCUT2D eigenvalue weighted by Crippen LogP contribution is -2.51. The fourth-order valence-corrected chi connectivity index (χ4v) is 5.32. The third-order valence-electron chi connectivity index (χ3n) is 7.00. The van der Waals surface area contributed by atoms with Crippen molar-refractivity contribution >= 4 is 17.5 Å². The van der Waals surface area contributed by atoms with Crippen molar-refractivity contribution in [2.75, 3.05) is 39.3 Å². The normalized spacial score (nSPS) is 23.9. The summed E-state index contributed by atoms with van der Waals surface area (Å²) in [6.07, 6.45) is 11.5. The van der Waals surface area contributed by atoms with E-state index in [-0.39, 0.29) is 11.8 Å². The van der Waals surface area contributed by atoms with Crippen LogP contribution >= 0.6 is 0 Å². The van der Waals surface area contributed by atoms with Crippen molar-refractivity contribution in [3.05, 3.63) is 30.2 Å². The minimum absolute atomic E-state index is 0.0166. The Hall–Kier alpha value is -2.48. The SMILES string of the molecule is O=C(c1cnn2cccnc12)N1CCC(N2CCC[C@@H](C(=O)N3CCCC3)C2)CC1. The van der Waals surface area contributed by atoms with Gasteiger partial charge in [-0.15, -0.1) is 0 Å². The van der Waals surface area contributed by atoms with E-state index in [1.54, 1.807) is 23.0 Å². The summed E-state index contributed by atoms with van der Waals surface area (Å²) in [6, 6.07) is 2.27. The molecule has 0 saturated carbocycles. The van der Waals surface area contributed by atoms with Gasteiger partial charge in [0, 0.05) is 51.2 Å². The lowest BCUT2D eigenvalue weighted by Gasteiger charge is -2.42. The maximum Gasteiger partial charge on any atom is 0.259 e. The van der Waals surface area contributed by atoms with Crippen molar-refractivity contribution in [2.24, 2.45) is 5.92 Å². The van der Waals surface area contributed by atoms with Crippen LogP contribution in [-0.4, -0.2) is 86.4 Å². The van der Waals surface area contributed by atoms with E-state index < -0.39 is 0 Å². The quantitative estimate of drug-likeness (QED) is 0.770. The van der Waals surface area contributed by atoms with Crippen LogP contribution in [0.5, 0.6) is 0 Å². The number of rotatable bonds is 3. The van der Waals surface area contributed by atoms with Crippen LogP contribution in [0.1, 0.15) is 48.9 Å². The minimum atomic E-state index is 0.0166. The van der Waals surface area contributed by atoms with Gasteiger partial charge in [-0.3, -0.25) is 14.5 Å². The second-order valence-corrected chi connectivity index (χ2v) is 8.84. The molecule has 3 fully saturated rings. The number of carbonyl (C=O) groups excluding carboxylic acids is 2. The highest BCUT2D eigenvalue weighted by atomic mass is 16.2. The summed E-state index contributed by atoms with van der Waals surface area (Å²) in [7, 11) is 0. The molecule has 8 nitrogen and oxygen atoms in total. The van der Waals surface area contributed by atoms with E-state index in [9.17, 15) is 9.59 Å². The maximum absolute atomic E-state index is 13.0. The van der Waals surface area contributed by atoms with Crippen LogP contribution < -0.4 is 0 Å². The molecule has 0 N–H and O–H groups in total. The highest BCUT2D eigenvalue weighted by molar-refractivity contribution is 5.99. The number of carbonyl (C=O) groups is 2. The van der Waals surface area contributed by atoms with E-state index in [0.29, 0.717) is 23.2 Å². The average Bonchev–Trinajstić information content (AvgIpc) is 3.49. The molecule has 5 heterocycles. The molecule has 30 heavy (non-hydrogen) atoms. The van der Waals surface area contributed by atoms with E-state index in [4.69, 9.17) is 0 Å². The molecule has 2 amide bonds. The molecule has 0 aromatic carbocycles. The van der Waals surface area contributed by atoms with E-state index in [1.807, 2.05) is 11.1 Å². The molecule has 1 atom stereocenters. The number of piperidine rings is 2. The Morgan fingerprint density at radius 2 is 1.73 bits per heavy atom. The average molecular weight is 411 g/mol. The van der Waals surface area contributed by atoms with Crippen molar-refractivity contribution in [1.82, 2.24) is 29.3 Å². The fraction of sp³-hybridized carbons (Fsp3) is 0.636. The summed E-state index contributed by atoms with van der Waals surface area (Å²) in [5.41, 5.74) is 1.19. The van der Waals surface area contributed by atoms with Crippen LogP contribution in [0.2, 0.25) is 0 Å². The smallest absolute Gasteiger partial charge is 0.259 e. The number of hydrogen-bond acceptors (Lipinski definition) is 5. The molecule has 2 aromatic heterocycles. The summed E-state index contributed by atoms with van der Waals surface area (Å²) in [6.45, 7) is 5.32. The number of amides is 2. The predicted molar refractivity (Wildman–Crippen MR) is 112 cm³/mol. The molecule has 3 saturated heterocycles. The lowest BCUT2D eigenvalue weighted by atomic mass is 9.93. The first-order valence-electron chi connectivity index (χ1n) is 11.3. The van der Waals surface area contributed by atoms with Crippen molar-refractivity contribution in [2.45, 2.75) is 44.6 Å². The van der Waals surface area contributed by atoms with Gasteiger partial charge in [0.2, 0.25) is 5.91 Å². The number of likely N-dealkylation sites (tertiary alicyclic amines) is 3. The molecule has 8 heteroatoms. The maximum atomic E-state index is 13.0. The Balaban J connectivity index is 1.18. The lowest BCUT2D eigenvalue weighted by molar-refractivity contribution is -0.136. The van der Waals surface area contributed by atoms with E-state index in [0.717, 1.165) is 77.8 Å². The van der Waals surface area contributed by atoms with E-state index in [1.165, 1.54) is 0 Å². The van der Waals surface area contributed by atoms with Crippen LogP contribution in [-0.2, 0) is 4.79 Å². The zero-order chi connectivity index (χ0) is 20.5. The van der Waals surface area contributed by atoms with Crippen molar-refractivity contribution < 1.29 is 9.59 Å². The summed E-state index contributed by atoms with van der Waals surface area (Å²) in [5, 5.41) is 4.24. The zero-order valence-electron chi connectivity index (χ0n) is 17.4. The molecular weight excluding hydrogens is 380 g/mol. The van der Waals surface area contributed by atoms with Gasteiger partial charge in [0.05, 0.1) is 12.1 Å². The third kappa shape index (κ3) is 3.69. The first-order chi connectivity index (χ1) is 14.7. The number of fused-ring (bicyclic) bond motifs is 1. The zero-order valence-corrected chi connectivity index (χ0v) is 17.4. The molecule has 0 unspecified atom stereocenters. The van der Waals surface area contributed by atoms with Gasteiger partial charge in [0.25, 0.3) is 5.91 Å². The van der Waals surface area contributed by atoms with Crippen LogP contribution in [0.3, 0.4) is 0 Å². The molecule has 0 bridgehead atoms. The molecule has 5 rings (SSSR count). The highest BCUT2D eigenvalue weighted by Crippen LogP contribution is 2.27. The second-order valence-electron chi connectivity index (χ2n) is 8.84. The molecular formula is C22H30N6O2. The van der Waals surface area contributed by atoms with Crippen molar-refractivity contribution in [3.63, 3.8) is 0 Å². The predicted octanol–water partition coefficient (Wildman–Crippen LogP) is 1.67. The fourth-order valence-electron chi connectivity index (χ4n) is 5.32. The number of hydrogen-bond donors (Lipinski definition) is 0. The molecule has 0 aliphatic carbocycles. The molecule has 0 spiro atoms. The molecule has 160 valence electrons. The number of aromatic nitrogens is 3. The van der Waals surface area contributed by atoms with Gasteiger partial charge in [-0.1, -0.05) is 0 Å². The Bertz CT molecular complexity index is 913. The molecule has 0 radical (unpaired) electrons. The highest BCUT2D eigenvalue weighted by Gasteiger charge is 2.35. The van der Waals surface area contributed by atoms with E-state index >= 15 is 0 Å². The van der Waals surface area contributed by atoms with Crippen LogP contribution in [0.25, 0.3) is 5.65 Å². The Morgan fingerprint density at radius 3 is 2.53 bits per heavy atom. The Kier molecular flexibility index (Phi) is 5.41. The van der Waals surface area contributed by atoms with Crippen molar-refractivity contribution in [3.8, 4) is 0 Å².